The molecule has 7 heteroatoms. The quantitative estimate of drug-likeness (QED) is 0.473. The highest BCUT2D eigenvalue weighted by Gasteiger charge is 2.21. The van der Waals surface area contributed by atoms with Crippen LogP contribution >= 0.6 is 0 Å². The maximum atomic E-state index is 13.5. The Labute approximate surface area is 197 Å². The van der Waals surface area contributed by atoms with Gasteiger partial charge in [0, 0.05) is 12.6 Å². The second-order valence-corrected chi connectivity index (χ2v) is 8.33. The zero-order valence-electron chi connectivity index (χ0n) is 19.4. The Morgan fingerprint density at radius 2 is 1.59 bits per heavy atom. The van der Waals surface area contributed by atoms with Crippen LogP contribution in [0.5, 0.6) is 0 Å². The molecule has 172 valence electrons. The van der Waals surface area contributed by atoms with Gasteiger partial charge in [-0.15, -0.1) is 0 Å². The normalized spacial score (nSPS) is 10.8. The van der Waals surface area contributed by atoms with Crippen LogP contribution in [0.4, 0.5) is 11.5 Å². The molecule has 0 unspecified atom stereocenters. The van der Waals surface area contributed by atoms with Gasteiger partial charge < -0.3 is 5.32 Å². The average molecular weight is 455 g/mol. The van der Waals surface area contributed by atoms with Gasteiger partial charge in [-0.2, -0.15) is 0 Å². The molecular weight excluding hydrogens is 428 g/mol. The van der Waals surface area contributed by atoms with Crippen molar-refractivity contribution < 1.29 is 9.59 Å². The maximum absolute atomic E-state index is 13.5. The van der Waals surface area contributed by atoms with Gasteiger partial charge >= 0.3 is 0 Å². The summed E-state index contributed by atoms with van der Waals surface area (Å²) in [6.45, 7) is 5.30. The molecule has 2 amide bonds. The Morgan fingerprint density at radius 3 is 2.26 bits per heavy atom. The van der Waals surface area contributed by atoms with Gasteiger partial charge in [-0.25, -0.2) is 4.98 Å². The largest absolute Gasteiger partial charge is 0.325 e. The molecule has 34 heavy (non-hydrogen) atoms. The lowest BCUT2D eigenvalue weighted by molar-refractivity contribution is -0.117. The summed E-state index contributed by atoms with van der Waals surface area (Å²) in [7, 11) is 0. The van der Waals surface area contributed by atoms with Crippen LogP contribution in [0.1, 0.15) is 23.6 Å². The van der Waals surface area contributed by atoms with E-state index in [4.69, 9.17) is 0 Å². The lowest BCUT2D eigenvalue weighted by Crippen LogP contribution is -2.38. The van der Waals surface area contributed by atoms with Crippen molar-refractivity contribution in [3.8, 4) is 0 Å². The van der Waals surface area contributed by atoms with Crippen molar-refractivity contribution in [1.82, 2.24) is 9.55 Å². The highest BCUT2D eigenvalue weighted by molar-refractivity contribution is 5.93. The predicted molar refractivity (Wildman–Crippen MR) is 134 cm³/mol. The Morgan fingerprint density at radius 1 is 0.941 bits per heavy atom. The van der Waals surface area contributed by atoms with Gasteiger partial charge in [-0.05, 0) is 54.8 Å². The molecule has 1 N–H and O–H groups in total. The molecule has 1 heterocycles. The molecule has 0 saturated carbocycles. The van der Waals surface area contributed by atoms with E-state index in [1.54, 1.807) is 24.3 Å². The van der Waals surface area contributed by atoms with Crippen LogP contribution in [0.25, 0.3) is 11.0 Å². The summed E-state index contributed by atoms with van der Waals surface area (Å²) < 4.78 is 1.37. The van der Waals surface area contributed by atoms with Gasteiger partial charge in [0.15, 0.2) is 0 Å². The van der Waals surface area contributed by atoms with Crippen molar-refractivity contribution in [2.45, 2.75) is 33.9 Å². The highest BCUT2D eigenvalue weighted by atomic mass is 16.2. The molecule has 0 bridgehead atoms. The lowest BCUT2D eigenvalue weighted by atomic mass is 10.1. The number of aryl methyl sites for hydroxylation is 2. The Hall–Kier alpha value is -4.26. The number of anilines is 2. The molecule has 0 spiro atoms. The van der Waals surface area contributed by atoms with Crippen molar-refractivity contribution in [3.63, 3.8) is 0 Å². The monoisotopic (exact) mass is 454 g/mol. The number of nitrogens with one attached hydrogen (secondary N) is 1. The van der Waals surface area contributed by atoms with E-state index in [-0.39, 0.29) is 30.7 Å². The smallest absolute Gasteiger partial charge is 0.294 e. The third-order valence-corrected chi connectivity index (χ3v) is 5.46. The molecule has 0 aliphatic heterocycles. The summed E-state index contributed by atoms with van der Waals surface area (Å²) in [6, 6.07) is 22.3. The molecule has 0 aliphatic carbocycles. The summed E-state index contributed by atoms with van der Waals surface area (Å²) in [6.07, 6.45) is 0. The number of hydrogen-bond acceptors (Lipinski definition) is 4. The van der Waals surface area contributed by atoms with Gasteiger partial charge in [-0.1, -0.05) is 48.5 Å². The second-order valence-electron chi connectivity index (χ2n) is 8.33. The zero-order chi connectivity index (χ0) is 24.2. The van der Waals surface area contributed by atoms with E-state index in [2.05, 4.69) is 10.3 Å². The van der Waals surface area contributed by atoms with Gasteiger partial charge in [0.2, 0.25) is 17.6 Å². The molecule has 1 aromatic heterocycles. The number of nitrogens with zero attached hydrogens (tertiary/aromatic N) is 3. The second kappa shape index (κ2) is 9.70. The number of aromatic nitrogens is 2. The first-order valence-corrected chi connectivity index (χ1v) is 11.0. The zero-order valence-corrected chi connectivity index (χ0v) is 19.4. The van der Waals surface area contributed by atoms with Gasteiger partial charge in [0.25, 0.3) is 5.56 Å². The molecule has 4 aromatic rings. The summed E-state index contributed by atoms with van der Waals surface area (Å²) in [5.41, 5.74) is 4.14. The van der Waals surface area contributed by atoms with Crippen LogP contribution in [0.15, 0.2) is 77.6 Å². The topological polar surface area (TPSA) is 84.3 Å². The van der Waals surface area contributed by atoms with Gasteiger partial charge in [0.1, 0.15) is 6.54 Å². The minimum absolute atomic E-state index is 0.00532. The molecule has 4 rings (SSSR count). The first-order chi connectivity index (χ1) is 16.3. The molecule has 0 saturated heterocycles. The van der Waals surface area contributed by atoms with E-state index in [0.717, 1.165) is 16.7 Å². The van der Waals surface area contributed by atoms with E-state index < -0.39 is 5.56 Å². The summed E-state index contributed by atoms with van der Waals surface area (Å²) >= 11 is 0. The van der Waals surface area contributed by atoms with Crippen molar-refractivity contribution in [2.75, 3.05) is 10.2 Å². The predicted octanol–water partition coefficient (Wildman–Crippen LogP) is 4.21. The molecule has 0 atom stereocenters. The number of amides is 2. The highest BCUT2D eigenvalue weighted by Crippen LogP contribution is 2.18. The first-order valence-electron chi connectivity index (χ1n) is 11.0. The minimum Gasteiger partial charge on any atom is -0.325 e. The van der Waals surface area contributed by atoms with E-state index >= 15 is 0 Å². The van der Waals surface area contributed by atoms with E-state index in [0.29, 0.717) is 16.7 Å². The fourth-order valence-corrected chi connectivity index (χ4v) is 4.00. The van der Waals surface area contributed by atoms with Crippen molar-refractivity contribution in [1.29, 1.82) is 0 Å². The Kier molecular flexibility index (Phi) is 6.54. The fraction of sp³-hybridized carbons (Fsp3) is 0.185. The fourth-order valence-electron chi connectivity index (χ4n) is 4.00. The molecule has 0 aliphatic rings. The summed E-state index contributed by atoms with van der Waals surface area (Å²) in [4.78, 5) is 44.9. The molecule has 7 nitrogen and oxygen atoms in total. The molecule has 0 fully saturated rings. The number of carbonyl (C=O) groups excluding carboxylic acids is 2. The van der Waals surface area contributed by atoms with Crippen LogP contribution in [0.2, 0.25) is 0 Å². The first kappa shape index (κ1) is 22.9. The standard InChI is InChI=1S/C27H26N4O3/c1-18-13-19(2)15-22(14-18)28-25(33)17-31-24-12-8-7-11-23(24)29-26(27(31)34)30(20(3)32)16-21-9-5-4-6-10-21/h4-15H,16-17H2,1-3H3,(H,28,33). The number of rotatable bonds is 6. The number of fused-ring (bicyclic) bond motifs is 1. The molecule has 3 aromatic carbocycles. The number of carbonyl (C=O) groups is 2. The van der Waals surface area contributed by atoms with Crippen molar-refractivity contribution >= 4 is 34.4 Å². The lowest BCUT2D eigenvalue weighted by Gasteiger charge is -2.21. The van der Waals surface area contributed by atoms with Crippen molar-refractivity contribution in [3.05, 3.63) is 99.8 Å². The molecular formula is C27H26N4O3. The van der Waals surface area contributed by atoms with Crippen LogP contribution in [-0.2, 0) is 22.7 Å². The van der Waals surface area contributed by atoms with Crippen LogP contribution in [0, 0.1) is 13.8 Å². The van der Waals surface area contributed by atoms with E-state index in [1.807, 2.05) is 62.4 Å². The van der Waals surface area contributed by atoms with Crippen LogP contribution in [-0.4, -0.2) is 21.4 Å². The summed E-state index contributed by atoms with van der Waals surface area (Å²) in [5.74, 6) is -0.656. The molecule has 0 radical (unpaired) electrons. The number of benzene rings is 3. The van der Waals surface area contributed by atoms with Crippen LogP contribution < -0.4 is 15.8 Å². The Balaban J connectivity index is 1.74. The van der Waals surface area contributed by atoms with Gasteiger partial charge in [-0.3, -0.25) is 23.9 Å². The minimum atomic E-state index is -0.500. The number of hydrogen-bond donors (Lipinski definition) is 1. The van der Waals surface area contributed by atoms with Crippen molar-refractivity contribution in [2.24, 2.45) is 0 Å². The third kappa shape index (κ3) is 5.04. The number of para-hydroxylation sites is 2. The Bertz CT molecular complexity index is 1410. The van der Waals surface area contributed by atoms with E-state index in [9.17, 15) is 14.4 Å². The average Bonchev–Trinajstić information content (AvgIpc) is 2.79. The SMILES string of the molecule is CC(=O)N(Cc1ccccc1)c1nc2ccccc2n(CC(=O)Nc2cc(C)cc(C)c2)c1=O. The van der Waals surface area contributed by atoms with Gasteiger partial charge in [0.05, 0.1) is 17.6 Å². The maximum Gasteiger partial charge on any atom is 0.294 e. The third-order valence-electron chi connectivity index (χ3n) is 5.46. The van der Waals surface area contributed by atoms with E-state index in [1.165, 1.54) is 16.4 Å². The van der Waals surface area contributed by atoms with Crippen LogP contribution in [0.3, 0.4) is 0 Å². The summed E-state index contributed by atoms with van der Waals surface area (Å²) in [5, 5.41) is 2.88.